The minimum Gasteiger partial charge on any atom is -0.339 e. The lowest BCUT2D eigenvalue weighted by atomic mass is 9.98. The van der Waals surface area contributed by atoms with Gasteiger partial charge in [-0.3, -0.25) is 4.98 Å². The third kappa shape index (κ3) is 2.37. The molecule has 0 N–H and O–H groups in total. The average Bonchev–Trinajstić information content (AvgIpc) is 2.90. The van der Waals surface area contributed by atoms with Crippen LogP contribution in [0.15, 0.2) is 29.0 Å². The van der Waals surface area contributed by atoms with Crippen LogP contribution in [0.25, 0.3) is 11.4 Å². The summed E-state index contributed by atoms with van der Waals surface area (Å²) in [5, 5.41) is 4.01. The molecule has 0 amide bonds. The molecule has 5 nitrogen and oxygen atoms in total. The van der Waals surface area contributed by atoms with Crippen molar-refractivity contribution in [3.63, 3.8) is 0 Å². The molecule has 2 aromatic rings. The van der Waals surface area contributed by atoms with E-state index in [0.29, 0.717) is 17.6 Å². The number of pyridine rings is 1. The Kier molecular flexibility index (Phi) is 3.25. The highest BCUT2D eigenvalue weighted by Gasteiger charge is 2.24. The first-order valence-electron chi connectivity index (χ1n) is 5.97. The summed E-state index contributed by atoms with van der Waals surface area (Å²) >= 11 is 5.93. The van der Waals surface area contributed by atoms with Crippen LogP contribution in [0.3, 0.4) is 0 Å². The van der Waals surface area contributed by atoms with Crippen LogP contribution >= 0.6 is 11.8 Å². The van der Waals surface area contributed by atoms with Crippen molar-refractivity contribution < 1.29 is 4.52 Å². The lowest BCUT2D eigenvalue weighted by Crippen LogP contribution is -2.25. The molecule has 1 aliphatic heterocycles. The molecular formula is C12H13ClN4O. The fourth-order valence-electron chi connectivity index (χ4n) is 2.11. The summed E-state index contributed by atoms with van der Waals surface area (Å²) in [5.74, 6) is 1.63. The van der Waals surface area contributed by atoms with Crippen molar-refractivity contribution in [1.29, 1.82) is 0 Å². The Balaban J connectivity index is 1.78. The van der Waals surface area contributed by atoms with Gasteiger partial charge < -0.3 is 4.52 Å². The lowest BCUT2D eigenvalue weighted by molar-refractivity contribution is 0.277. The zero-order chi connectivity index (χ0) is 12.4. The van der Waals surface area contributed by atoms with Gasteiger partial charge in [-0.1, -0.05) is 5.16 Å². The molecule has 18 heavy (non-hydrogen) atoms. The SMILES string of the molecule is ClN1CCC(c2nc(-c3cccnc3)no2)CC1. The number of rotatable bonds is 2. The molecule has 0 aromatic carbocycles. The van der Waals surface area contributed by atoms with E-state index in [4.69, 9.17) is 16.3 Å². The molecule has 0 radical (unpaired) electrons. The first-order chi connectivity index (χ1) is 8.83. The highest BCUT2D eigenvalue weighted by atomic mass is 35.5. The maximum Gasteiger partial charge on any atom is 0.230 e. The highest BCUT2D eigenvalue weighted by Crippen LogP contribution is 2.28. The number of hydrogen-bond donors (Lipinski definition) is 0. The fourth-order valence-corrected chi connectivity index (χ4v) is 2.30. The molecule has 0 saturated carbocycles. The van der Waals surface area contributed by atoms with Gasteiger partial charge in [0.05, 0.1) is 0 Å². The second-order valence-electron chi connectivity index (χ2n) is 4.38. The molecule has 0 spiro atoms. The molecule has 0 bridgehead atoms. The number of halogens is 1. The van der Waals surface area contributed by atoms with E-state index >= 15 is 0 Å². The third-order valence-corrected chi connectivity index (χ3v) is 3.49. The van der Waals surface area contributed by atoms with Gasteiger partial charge in [-0.25, -0.2) is 4.42 Å². The van der Waals surface area contributed by atoms with Crippen molar-refractivity contribution in [2.45, 2.75) is 18.8 Å². The molecule has 0 unspecified atom stereocenters. The summed E-state index contributed by atoms with van der Waals surface area (Å²) in [4.78, 5) is 8.50. The number of piperidine rings is 1. The Bertz CT molecular complexity index is 508. The maximum atomic E-state index is 5.93. The van der Waals surface area contributed by atoms with E-state index in [1.165, 1.54) is 0 Å². The van der Waals surface area contributed by atoms with Crippen LogP contribution in [0, 0.1) is 0 Å². The van der Waals surface area contributed by atoms with Crippen molar-refractivity contribution in [3.8, 4) is 11.4 Å². The van der Waals surface area contributed by atoms with Crippen LogP contribution in [0.2, 0.25) is 0 Å². The molecule has 6 heteroatoms. The number of hydrogen-bond acceptors (Lipinski definition) is 5. The van der Waals surface area contributed by atoms with E-state index in [-0.39, 0.29) is 0 Å². The first kappa shape index (κ1) is 11.6. The van der Waals surface area contributed by atoms with Crippen molar-refractivity contribution in [1.82, 2.24) is 19.5 Å². The fraction of sp³-hybridized carbons (Fsp3) is 0.417. The van der Waals surface area contributed by atoms with E-state index in [1.54, 1.807) is 16.8 Å². The lowest BCUT2D eigenvalue weighted by Gasteiger charge is -2.24. The van der Waals surface area contributed by atoms with Gasteiger partial charge in [0.2, 0.25) is 11.7 Å². The Morgan fingerprint density at radius 2 is 2.17 bits per heavy atom. The number of nitrogens with zero attached hydrogens (tertiary/aromatic N) is 4. The molecular weight excluding hydrogens is 252 g/mol. The van der Waals surface area contributed by atoms with Gasteiger partial charge in [0, 0.05) is 37.0 Å². The second-order valence-corrected chi connectivity index (χ2v) is 4.86. The predicted octanol–water partition coefficient (Wildman–Crippen LogP) is 2.46. The minimum atomic E-state index is 0.318. The topological polar surface area (TPSA) is 55.1 Å². The van der Waals surface area contributed by atoms with Gasteiger partial charge >= 0.3 is 0 Å². The Morgan fingerprint density at radius 3 is 2.89 bits per heavy atom. The number of aromatic nitrogens is 3. The van der Waals surface area contributed by atoms with Gasteiger partial charge in [0.15, 0.2) is 0 Å². The molecule has 1 fully saturated rings. The summed E-state index contributed by atoms with van der Waals surface area (Å²) in [7, 11) is 0. The molecule has 0 aliphatic carbocycles. The van der Waals surface area contributed by atoms with Crippen molar-refractivity contribution in [2.75, 3.05) is 13.1 Å². The monoisotopic (exact) mass is 264 g/mol. The Hall–Kier alpha value is -1.46. The van der Waals surface area contributed by atoms with E-state index in [0.717, 1.165) is 31.5 Å². The highest BCUT2D eigenvalue weighted by molar-refractivity contribution is 6.13. The van der Waals surface area contributed by atoms with Crippen LogP contribution in [-0.4, -0.2) is 32.6 Å². The van der Waals surface area contributed by atoms with Gasteiger partial charge in [0.1, 0.15) is 0 Å². The largest absolute Gasteiger partial charge is 0.339 e. The Labute approximate surface area is 110 Å². The summed E-state index contributed by atoms with van der Waals surface area (Å²) in [5.41, 5.74) is 0.877. The smallest absolute Gasteiger partial charge is 0.230 e. The molecule has 0 atom stereocenters. The zero-order valence-corrected chi connectivity index (χ0v) is 10.5. The normalized spacial score (nSPS) is 18.1. The Morgan fingerprint density at radius 1 is 1.33 bits per heavy atom. The minimum absolute atomic E-state index is 0.318. The summed E-state index contributed by atoms with van der Waals surface area (Å²) < 4.78 is 7.14. The molecule has 3 heterocycles. The molecule has 2 aromatic heterocycles. The second kappa shape index (κ2) is 5.04. The molecule has 94 valence electrons. The van der Waals surface area contributed by atoms with Gasteiger partial charge in [-0.15, -0.1) is 0 Å². The first-order valence-corrected chi connectivity index (χ1v) is 6.31. The van der Waals surface area contributed by atoms with Crippen LogP contribution in [0.4, 0.5) is 0 Å². The van der Waals surface area contributed by atoms with Crippen LogP contribution < -0.4 is 0 Å². The molecule has 1 aliphatic rings. The third-order valence-electron chi connectivity index (χ3n) is 3.15. The predicted molar refractivity (Wildman–Crippen MR) is 66.9 cm³/mol. The van der Waals surface area contributed by atoms with Crippen molar-refractivity contribution in [2.24, 2.45) is 0 Å². The van der Waals surface area contributed by atoms with Crippen LogP contribution in [0.1, 0.15) is 24.7 Å². The van der Waals surface area contributed by atoms with Gasteiger partial charge in [-0.05, 0) is 36.8 Å². The summed E-state index contributed by atoms with van der Waals surface area (Å²) in [6.07, 6.45) is 5.37. The zero-order valence-electron chi connectivity index (χ0n) is 9.79. The average molecular weight is 265 g/mol. The maximum absolute atomic E-state index is 5.93. The van der Waals surface area contributed by atoms with Crippen molar-refractivity contribution in [3.05, 3.63) is 30.4 Å². The standard InChI is InChI=1S/C12H13ClN4O/c13-17-6-3-9(4-7-17)12-15-11(16-18-12)10-2-1-5-14-8-10/h1-2,5,8-9H,3-4,6-7H2. The van der Waals surface area contributed by atoms with Gasteiger partial charge in [0.25, 0.3) is 0 Å². The van der Waals surface area contributed by atoms with Crippen molar-refractivity contribution >= 4 is 11.8 Å². The summed E-state index contributed by atoms with van der Waals surface area (Å²) in [6.45, 7) is 1.72. The van der Waals surface area contributed by atoms with Gasteiger partial charge in [-0.2, -0.15) is 4.98 Å². The summed E-state index contributed by atoms with van der Waals surface area (Å²) in [6, 6.07) is 3.78. The quantitative estimate of drug-likeness (QED) is 0.780. The molecule has 1 saturated heterocycles. The molecule has 3 rings (SSSR count). The van der Waals surface area contributed by atoms with E-state index in [9.17, 15) is 0 Å². The van der Waals surface area contributed by atoms with Crippen LogP contribution in [-0.2, 0) is 0 Å². The van der Waals surface area contributed by atoms with E-state index < -0.39 is 0 Å². The van der Waals surface area contributed by atoms with E-state index in [2.05, 4.69) is 15.1 Å². The van der Waals surface area contributed by atoms with E-state index in [1.807, 2.05) is 12.1 Å². The van der Waals surface area contributed by atoms with Crippen LogP contribution in [0.5, 0.6) is 0 Å².